The van der Waals surface area contributed by atoms with Crippen molar-refractivity contribution < 1.29 is 24.2 Å². The highest BCUT2D eigenvalue weighted by Crippen LogP contribution is 2.44. The summed E-state index contributed by atoms with van der Waals surface area (Å²) in [6, 6.07) is 14.7. The third-order valence-electron chi connectivity index (χ3n) is 6.48. The molecular formula is C27H34N2O5. The number of benzene rings is 2. The summed E-state index contributed by atoms with van der Waals surface area (Å²) in [4.78, 5) is 37.2. The maximum Gasteiger partial charge on any atom is 0.407 e. The molecule has 7 heteroatoms. The molecule has 0 bridgehead atoms. The predicted molar refractivity (Wildman–Crippen MR) is 130 cm³/mol. The van der Waals surface area contributed by atoms with Crippen LogP contribution in [0.5, 0.6) is 0 Å². The minimum atomic E-state index is -0.964. The van der Waals surface area contributed by atoms with E-state index in [1.54, 1.807) is 20.8 Å². The number of ether oxygens (including phenoxy) is 1. The molecule has 1 aliphatic carbocycles. The van der Waals surface area contributed by atoms with Crippen molar-refractivity contribution in [3.05, 3.63) is 59.7 Å². The first-order valence-electron chi connectivity index (χ1n) is 11.8. The number of carboxylic acids is 1. The van der Waals surface area contributed by atoms with Crippen LogP contribution < -0.4 is 10.6 Å². The number of fused-ring (bicyclic) bond motifs is 3. The lowest BCUT2D eigenvalue weighted by Crippen LogP contribution is -2.54. The second-order valence-corrected chi connectivity index (χ2v) is 9.60. The van der Waals surface area contributed by atoms with E-state index < -0.39 is 36.0 Å². The van der Waals surface area contributed by atoms with Gasteiger partial charge in [0.25, 0.3) is 0 Å². The Morgan fingerprint density at radius 3 is 1.85 bits per heavy atom. The van der Waals surface area contributed by atoms with E-state index >= 15 is 0 Å². The summed E-state index contributed by atoms with van der Waals surface area (Å²) in [5, 5.41) is 14.9. The van der Waals surface area contributed by atoms with E-state index in [1.165, 1.54) is 0 Å². The quantitative estimate of drug-likeness (QED) is 0.508. The summed E-state index contributed by atoms with van der Waals surface area (Å²) >= 11 is 0. The van der Waals surface area contributed by atoms with Gasteiger partial charge in [-0.1, -0.05) is 76.2 Å². The Bertz CT molecular complexity index is 1000. The van der Waals surface area contributed by atoms with Crippen molar-refractivity contribution in [1.29, 1.82) is 0 Å². The van der Waals surface area contributed by atoms with Gasteiger partial charge in [-0.15, -0.1) is 0 Å². The highest BCUT2D eigenvalue weighted by Gasteiger charge is 2.33. The molecule has 7 nitrogen and oxygen atoms in total. The van der Waals surface area contributed by atoms with Crippen LogP contribution in [0.3, 0.4) is 0 Å². The van der Waals surface area contributed by atoms with Crippen LogP contribution in [-0.4, -0.2) is 41.8 Å². The van der Waals surface area contributed by atoms with Crippen molar-refractivity contribution in [3.8, 4) is 11.1 Å². The number of hydrogen-bond donors (Lipinski definition) is 3. The second kappa shape index (κ2) is 10.7. The van der Waals surface area contributed by atoms with Crippen molar-refractivity contribution in [2.75, 3.05) is 6.61 Å². The first kappa shape index (κ1) is 25.3. The van der Waals surface area contributed by atoms with E-state index in [0.29, 0.717) is 0 Å². The van der Waals surface area contributed by atoms with Gasteiger partial charge in [0.15, 0.2) is 0 Å². The number of carbonyl (C=O) groups excluding carboxylic acids is 2. The average Bonchev–Trinajstić information content (AvgIpc) is 3.09. The molecule has 0 aromatic heterocycles. The van der Waals surface area contributed by atoms with Crippen molar-refractivity contribution in [2.45, 2.75) is 52.6 Å². The number of amides is 2. The third kappa shape index (κ3) is 5.41. The fourth-order valence-corrected chi connectivity index (χ4v) is 4.78. The van der Waals surface area contributed by atoms with Gasteiger partial charge >= 0.3 is 12.1 Å². The van der Waals surface area contributed by atoms with Gasteiger partial charge in [0.2, 0.25) is 5.91 Å². The molecule has 0 saturated carbocycles. The van der Waals surface area contributed by atoms with E-state index in [2.05, 4.69) is 22.8 Å². The van der Waals surface area contributed by atoms with Gasteiger partial charge in [-0.2, -0.15) is 0 Å². The SMILES string of the molecule is CC(C)C(C(=O)O)C(C)NC(=O)[C@H](NC(=O)OCC1c2ccccc2-c2ccccc21)C(C)C. The van der Waals surface area contributed by atoms with Gasteiger partial charge in [-0.25, -0.2) is 4.79 Å². The fourth-order valence-electron chi connectivity index (χ4n) is 4.78. The molecule has 2 aromatic rings. The monoisotopic (exact) mass is 466 g/mol. The van der Waals surface area contributed by atoms with Crippen LogP contribution in [0, 0.1) is 17.8 Å². The number of hydrogen-bond acceptors (Lipinski definition) is 4. The highest BCUT2D eigenvalue weighted by atomic mass is 16.5. The van der Waals surface area contributed by atoms with Gasteiger partial charge in [0.1, 0.15) is 12.6 Å². The topological polar surface area (TPSA) is 105 Å². The molecular weight excluding hydrogens is 432 g/mol. The smallest absolute Gasteiger partial charge is 0.407 e. The van der Waals surface area contributed by atoms with Crippen LogP contribution in [0.15, 0.2) is 48.5 Å². The van der Waals surface area contributed by atoms with Crippen molar-refractivity contribution in [2.24, 2.45) is 17.8 Å². The molecule has 0 aliphatic heterocycles. The summed E-state index contributed by atoms with van der Waals surface area (Å²) in [7, 11) is 0. The van der Waals surface area contributed by atoms with Gasteiger partial charge in [0.05, 0.1) is 5.92 Å². The van der Waals surface area contributed by atoms with Crippen LogP contribution in [-0.2, 0) is 14.3 Å². The summed E-state index contributed by atoms with van der Waals surface area (Å²) in [5.41, 5.74) is 4.49. The van der Waals surface area contributed by atoms with E-state index in [4.69, 9.17) is 4.74 Å². The zero-order valence-corrected chi connectivity index (χ0v) is 20.4. The van der Waals surface area contributed by atoms with Crippen molar-refractivity contribution in [1.82, 2.24) is 10.6 Å². The van der Waals surface area contributed by atoms with Gasteiger partial charge in [-0.05, 0) is 41.0 Å². The minimum Gasteiger partial charge on any atom is -0.481 e. The summed E-state index contributed by atoms with van der Waals surface area (Å²) in [5.74, 6) is -2.57. The zero-order chi connectivity index (χ0) is 25.0. The van der Waals surface area contributed by atoms with E-state index in [9.17, 15) is 19.5 Å². The van der Waals surface area contributed by atoms with Gasteiger partial charge < -0.3 is 20.5 Å². The molecule has 2 amide bonds. The van der Waals surface area contributed by atoms with E-state index in [-0.39, 0.29) is 24.4 Å². The standard InChI is InChI=1S/C27H34N2O5/c1-15(2)23(26(31)32)17(5)28-25(30)24(16(3)4)29-27(33)34-14-22-20-12-8-6-10-18(20)19-11-7-9-13-21(19)22/h6-13,15-17,22-24H,14H2,1-5H3,(H,28,30)(H,29,33)(H,31,32)/t17?,23?,24-/m1/s1. The largest absolute Gasteiger partial charge is 0.481 e. The summed E-state index contributed by atoms with van der Waals surface area (Å²) in [6.07, 6.45) is -0.679. The Balaban J connectivity index is 1.65. The first-order valence-corrected chi connectivity index (χ1v) is 11.8. The lowest BCUT2D eigenvalue weighted by molar-refractivity contribution is -0.144. The number of carbonyl (C=O) groups is 3. The zero-order valence-electron chi connectivity index (χ0n) is 20.4. The number of aliphatic carboxylic acids is 1. The Hall–Kier alpha value is -3.35. The summed E-state index contributed by atoms with van der Waals surface area (Å²) < 4.78 is 5.58. The van der Waals surface area contributed by atoms with Crippen molar-refractivity contribution in [3.63, 3.8) is 0 Å². The number of alkyl carbamates (subject to hydrolysis) is 1. The number of rotatable bonds is 9. The first-order chi connectivity index (χ1) is 16.1. The number of carboxylic acid groups (broad SMARTS) is 1. The maximum absolute atomic E-state index is 12.9. The van der Waals surface area contributed by atoms with Crippen LogP contribution in [0.4, 0.5) is 4.79 Å². The molecule has 0 saturated heterocycles. The van der Waals surface area contributed by atoms with Crippen molar-refractivity contribution >= 4 is 18.0 Å². The third-order valence-corrected chi connectivity index (χ3v) is 6.48. The highest BCUT2D eigenvalue weighted by molar-refractivity contribution is 5.86. The fraction of sp³-hybridized carbons (Fsp3) is 0.444. The van der Waals surface area contributed by atoms with Gasteiger partial charge in [0, 0.05) is 12.0 Å². The molecule has 3 rings (SSSR count). The van der Waals surface area contributed by atoms with Gasteiger partial charge in [-0.3, -0.25) is 9.59 Å². The van der Waals surface area contributed by atoms with Crippen LogP contribution >= 0.6 is 0 Å². The van der Waals surface area contributed by atoms with Crippen LogP contribution in [0.25, 0.3) is 11.1 Å². The minimum absolute atomic E-state index is 0.0770. The van der Waals surface area contributed by atoms with E-state index in [1.807, 2.05) is 50.2 Å². The van der Waals surface area contributed by atoms with E-state index in [0.717, 1.165) is 22.3 Å². The molecule has 182 valence electrons. The molecule has 1 aliphatic rings. The Labute approximate surface area is 200 Å². The molecule has 34 heavy (non-hydrogen) atoms. The molecule has 2 aromatic carbocycles. The molecule has 3 N–H and O–H groups in total. The maximum atomic E-state index is 12.9. The average molecular weight is 467 g/mol. The Morgan fingerprint density at radius 2 is 1.38 bits per heavy atom. The molecule has 0 spiro atoms. The summed E-state index contributed by atoms with van der Waals surface area (Å²) in [6.45, 7) is 9.05. The molecule has 2 unspecified atom stereocenters. The molecule has 3 atom stereocenters. The van der Waals surface area contributed by atoms with Crippen LogP contribution in [0.1, 0.15) is 51.7 Å². The molecule has 0 fully saturated rings. The Morgan fingerprint density at radius 1 is 0.853 bits per heavy atom. The lowest BCUT2D eigenvalue weighted by Gasteiger charge is -2.28. The van der Waals surface area contributed by atoms with Crippen LogP contribution in [0.2, 0.25) is 0 Å². The Kier molecular flexibility index (Phi) is 7.97. The predicted octanol–water partition coefficient (Wildman–Crippen LogP) is 4.41. The normalized spacial score (nSPS) is 15.3. The second-order valence-electron chi connectivity index (χ2n) is 9.60. The lowest BCUT2D eigenvalue weighted by atomic mass is 9.89. The molecule has 0 heterocycles. The number of nitrogens with one attached hydrogen (secondary N) is 2. The molecule has 0 radical (unpaired) electrons.